The fourth-order valence-electron chi connectivity index (χ4n) is 0.167. The Kier molecular flexibility index (Phi) is 12.8. The molecular weight excluding hydrogens is 92.1 g/mol. The second kappa shape index (κ2) is 9.15. The van der Waals surface area contributed by atoms with Crippen LogP contribution < -0.4 is 11.5 Å². The van der Waals surface area contributed by atoms with E-state index in [2.05, 4.69) is 11.9 Å². The van der Waals surface area contributed by atoms with Crippen LogP contribution in [-0.4, -0.2) is 18.4 Å². The first-order valence-corrected chi connectivity index (χ1v) is 1.84. The molecule has 0 unspecified atom stereocenters. The lowest BCUT2D eigenvalue weighted by atomic mass is 10.6. The van der Waals surface area contributed by atoms with Crippen LogP contribution in [0.1, 0.15) is 0 Å². The summed E-state index contributed by atoms with van der Waals surface area (Å²) in [6.45, 7) is 4.14. The van der Waals surface area contributed by atoms with Crippen LogP contribution in [-0.2, 0) is 0 Å². The second-order valence-electron chi connectivity index (χ2n) is 0.901. The molecule has 5 N–H and O–H groups in total. The van der Waals surface area contributed by atoms with Gasteiger partial charge in [0.1, 0.15) is 0 Å². The maximum atomic E-state index is 8.04. The molecule has 0 radical (unpaired) electrons. The third kappa shape index (κ3) is 10.7. The van der Waals surface area contributed by atoms with Crippen molar-refractivity contribution in [1.29, 1.82) is 0 Å². The summed E-state index contributed by atoms with van der Waals surface area (Å²) in [6, 6.07) is 0. The molecule has 0 aromatic rings. The summed E-state index contributed by atoms with van der Waals surface area (Å²) in [6.07, 6.45) is 1.69. The molecule has 0 rings (SSSR count). The highest BCUT2D eigenvalue weighted by Gasteiger charge is 1.67. The number of hydrogen-bond donors (Lipinski definition) is 3. The topological polar surface area (TPSA) is 67.3 Å². The fourth-order valence-corrected chi connectivity index (χ4v) is 0.167. The summed E-state index contributed by atoms with van der Waals surface area (Å²) in [5.41, 5.74) is 0. The lowest BCUT2D eigenvalue weighted by molar-refractivity contribution is 0.267. The van der Waals surface area contributed by atoms with Crippen molar-refractivity contribution in [2.24, 2.45) is 0 Å². The Morgan fingerprint density at radius 3 is 2.43 bits per heavy atom. The lowest BCUT2D eigenvalue weighted by Crippen LogP contribution is -2.13. The van der Waals surface area contributed by atoms with Gasteiger partial charge in [0, 0.05) is 6.54 Å². The molecular formula is C4H12N2O. The van der Waals surface area contributed by atoms with Crippen molar-refractivity contribution >= 4 is 0 Å². The molecule has 0 aliphatic rings. The number of nitrogens with one attached hydrogen (secondary N) is 1. The van der Waals surface area contributed by atoms with Crippen molar-refractivity contribution in [2.45, 2.75) is 0 Å². The summed E-state index contributed by atoms with van der Waals surface area (Å²) < 4.78 is 0. The average Bonchev–Trinajstić information content (AvgIpc) is 1.61. The third-order valence-electron chi connectivity index (χ3n) is 0.400. The quantitative estimate of drug-likeness (QED) is 0.265. The monoisotopic (exact) mass is 104 g/mol. The van der Waals surface area contributed by atoms with E-state index in [0.717, 1.165) is 0 Å². The average molecular weight is 104 g/mol. The van der Waals surface area contributed by atoms with Gasteiger partial charge in [-0.1, -0.05) is 6.08 Å². The van der Waals surface area contributed by atoms with Gasteiger partial charge in [-0.05, 0) is 0 Å². The minimum atomic E-state index is 0. The van der Waals surface area contributed by atoms with Crippen LogP contribution in [0.5, 0.6) is 0 Å². The molecule has 3 heteroatoms. The second-order valence-corrected chi connectivity index (χ2v) is 0.901. The van der Waals surface area contributed by atoms with Gasteiger partial charge >= 0.3 is 0 Å². The van der Waals surface area contributed by atoms with Crippen LogP contribution in [0, 0.1) is 0 Å². The van der Waals surface area contributed by atoms with Crippen molar-refractivity contribution in [3.63, 3.8) is 0 Å². The maximum absolute atomic E-state index is 8.04. The largest absolute Gasteiger partial charge is 0.381 e. The molecule has 0 heterocycles. The highest BCUT2D eigenvalue weighted by Crippen LogP contribution is 1.52. The van der Waals surface area contributed by atoms with E-state index in [-0.39, 0.29) is 12.9 Å². The molecule has 0 fully saturated rings. The first-order valence-electron chi connectivity index (χ1n) is 1.84. The zero-order chi connectivity index (χ0) is 4.83. The normalized spacial score (nSPS) is 7.00. The van der Waals surface area contributed by atoms with E-state index in [1.54, 1.807) is 6.08 Å². The molecule has 0 aliphatic carbocycles. The van der Waals surface area contributed by atoms with Crippen molar-refractivity contribution in [3.05, 3.63) is 12.7 Å². The Morgan fingerprint density at radius 1 is 1.71 bits per heavy atom. The van der Waals surface area contributed by atoms with E-state index in [9.17, 15) is 0 Å². The van der Waals surface area contributed by atoms with E-state index in [0.29, 0.717) is 6.54 Å². The van der Waals surface area contributed by atoms with E-state index >= 15 is 0 Å². The Bertz CT molecular complexity index is 38.7. The predicted octanol–water partition coefficient (Wildman–Crippen LogP) is -0.126. The summed E-state index contributed by atoms with van der Waals surface area (Å²) >= 11 is 0. The Labute approximate surface area is 43.6 Å². The summed E-state index contributed by atoms with van der Waals surface area (Å²) in [4.78, 5) is 0. The van der Waals surface area contributed by atoms with E-state index in [1.807, 2.05) is 0 Å². The molecule has 7 heavy (non-hydrogen) atoms. The molecule has 44 valence electrons. The van der Waals surface area contributed by atoms with Gasteiger partial charge in [-0.3, -0.25) is 5.32 Å². The van der Waals surface area contributed by atoms with Crippen LogP contribution in [0.4, 0.5) is 0 Å². The molecule has 0 aromatic heterocycles. The smallest absolute Gasteiger partial charge is 0.0933 e. The molecule has 0 saturated carbocycles. The fraction of sp³-hybridized carbons (Fsp3) is 0.500. The van der Waals surface area contributed by atoms with Crippen molar-refractivity contribution in [1.82, 2.24) is 11.5 Å². The maximum Gasteiger partial charge on any atom is 0.0933 e. The van der Waals surface area contributed by atoms with Crippen molar-refractivity contribution in [3.8, 4) is 0 Å². The SMILES string of the molecule is C=CCNCO.N. The molecule has 0 aromatic carbocycles. The van der Waals surface area contributed by atoms with Gasteiger partial charge in [-0.15, -0.1) is 6.58 Å². The predicted molar refractivity (Wildman–Crippen MR) is 30.3 cm³/mol. The number of aliphatic hydroxyl groups excluding tert-OH is 1. The van der Waals surface area contributed by atoms with Crippen LogP contribution in [0.3, 0.4) is 0 Å². The Balaban J connectivity index is 0. The van der Waals surface area contributed by atoms with Gasteiger partial charge in [0.15, 0.2) is 0 Å². The molecule has 0 bridgehead atoms. The zero-order valence-corrected chi connectivity index (χ0v) is 4.35. The number of aliphatic hydroxyl groups is 1. The molecule has 0 saturated heterocycles. The molecule has 0 aliphatic heterocycles. The van der Waals surface area contributed by atoms with Crippen molar-refractivity contribution in [2.75, 3.05) is 13.3 Å². The standard InChI is InChI=1S/C4H9NO.H3N/c1-2-3-5-4-6;/h2,5-6H,1,3-4H2;1H3. The molecule has 0 spiro atoms. The first-order chi connectivity index (χ1) is 2.91. The van der Waals surface area contributed by atoms with E-state index in [4.69, 9.17) is 5.11 Å². The van der Waals surface area contributed by atoms with E-state index in [1.165, 1.54) is 0 Å². The van der Waals surface area contributed by atoms with Gasteiger partial charge in [-0.2, -0.15) is 0 Å². The van der Waals surface area contributed by atoms with E-state index < -0.39 is 0 Å². The highest BCUT2D eigenvalue weighted by molar-refractivity contribution is 4.67. The Hall–Kier alpha value is -0.380. The highest BCUT2D eigenvalue weighted by atomic mass is 16.3. The summed E-state index contributed by atoms with van der Waals surface area (Å²) in [5, 5.41) is 10.7. The Morgan fingerprint density at radius 2 is 2.29 bits per heavy atom. The van der Waals surface area contributed by atoms with Crippen LogP contribution in [0.15, 0.2) is 12.7 Å². The van der Waals surface area contributed by atoms with Gasteiger partial charge in [0.2, 0.25) is 0 Å². The summed E-state index contributed by atoms with van der Waals surface area (Å²) in [5.74, 6) is 0. The molecule has 0 atom stereocenters. The summed E-state index contributed by atoms with van der Waals surface area (Å²) in [7, 11) is 0. The lowest BCUT2D eigenvalue weighted by Gasteiger charge is -1.87. The van der Waals surface area contributed by atoms with Gasteiger partial charge in [-0.25, -0.2) is 0 Å². The first kappa shape index (κ1) is 9.80. The van der Waals surface area contributed by atoms with Crippen LogP contribution in [0.2, 0.25) is 0 Å². The van der Waals surface area contributed by atoms with Crippen LogP contribution >= 0.6 is 0 Å². The van der Waals surface area contributed by atoms with Gasteiger partial charge < -0.3 is 11.3 Å². The third-order valence-corrected chi connectivity index (χ3v) is 0.400. The number of hydrogen-bond acceptors (Lipinski definition) is 3. The van der Waals surface area contributed by atoms with Gasteiger partial charge in [0.05, 0.1) is 6.73 Å². The minimum Gasteiger partial charge on any atom is -0.381 e. The van der Waals surface area contributed by atoms with Crippen LogP contribution in [0.25, 0.3) is 0 Å². The van der Waals surface area contributed by atoms with Gasteiger partial charge in [0.25, 0.3) is 0 Å². The molecule has 3 nitrogen and oxygen atoms in total. The zero-order valence-electron chi connectivity index (χ0n) is 4.35. The molecule has 0 amide bonds. The minimum absolute atomic E-state index is 0. The number of rotatable bonds is 3. The van der Waals surface area contributed by atoms with Crippen molar-refractivity contribution < 1.29 is 5.11 Å².